The highest BCUT2D eigenvalue weighted by Crippen LogP contribution is 2.22. The average Bonchev–Trinajstić information content (AvgIpc) is 2.47. The summed E-state index contributed by atoms with van der Waals surface area (Å²) in [7, 11) is 0. The average molecular weight is 283 g/mol. The highest BCUT2D eigenvalue weighted by Gasteiger charge is 2.16. The minimum atomic E-state index is -0.626. The molecule has 0 radical (unpaired) electrons. The van der Waals surface area contributed by atoms with Gasteiger partial charge >= 0.3 is 5.69 Å². The third-order valence-electron chi connectivity index (χ3n) is 2.98. The number of rotatable bonds is 4. The molecule has 0 aliphatic heterocycles. The molecule has 3 N–H and O–H groups in total. The van der Waals surface area contributed by atoms with Crippen molar-refractivity contribution in [1.29, 1.82) is 5.26 Å². The number of nitrogens with zero attached hydrogens (tertiary/aromatic N) is 3. The minimum Gasteiger partial charge on any atom is -0.399 e. The molecule has 1 aromatic heterocycles. The number of aromatic nitrogens is 1. The van der Waals surface area contributed by atoms with Gasteiger partial charge in [-0.2, -0.15) is 5.26 Å². The van der Waals surface area contributed by atoms with Gasteiger partial charge in [0.25, 0.3) is 0 Å². The van der Waals surface area contributed by atoms with Crippen molar-refractivity contribution in [3.8, 4) is 6.07 Å². The SMILES string of the molecule is CC(Nc1ccc([N+](=O)[O-])c(C#N)n1)c1ccc(N)cc1. The topological polar surface area (TPSA) is 118 Å². The number of nitrogens with two attached hydrogens (primary N) is 1. The van der Waals surface area contributed by atoms with E-state index in [4.69, 9.17) is 11.0 Å². The Bertz CT molecular complexity index is 706. The number of benzene rings is 1. The van der Waals surface area contributed by atoms with Crippen molar-refractivity contribution in [3.63, 3.8) is 0 Å². The maximum Gasteiger partial charge on any atom is 0.305 e. The van der Waals surface area contributed by atoms with E-state index < -0.39 is 4.92 Å². The number of nitrogens with one attached hydrogen (secondary N) is 1. The molecule has 1 unspecified atom stereocenters. The van der Waals surface area contributed by atoms with E-state index >= 15 is 0 Å². The largest absolute Gasteiger partial charge is 0.399 e. The molecule has 0 amide bonds. The molecule has 0 saturated carbocycles. The first-order valence-electron chi connectivity index (χ1n) is 6.19. The summed E-state index contributed by atoms with van der Waals surface area (Å²) >= 11 is 0. The van der Waals surface area contributed by atoms with Crippen LogP contribution in [0.2, 0.25) is 0 Å². The highest BCUT2D eigenvalue weighted by molar-refractivity contribution is 5.51. The number of nitriles is 1. The molecule has 7 nitrogen and oxygen atoms in total. The van der Waals surface area contributed by atoms with Crippen molar-refractivity contribution >= 4 is 17.2 Å². The van der Waals surface area contributed by atoms with E-state index in [0.29, 0.717) is 11.5 Å². The second kappa shape index (κ2) is 5.88. The van der Waals surface area contributed by atoms with Crippen molar-refractivity contribution in [2.24, 2.45) is 0 Å². The van der Waals surface area contributed by atoms with Crippen LogP contribution in [-0.2, 0) is 0 Å². The van der Waals surface area contributed by atoms with Crippen LogP contribution < -0.4 is 11.1 Å². The summed E-state index contributed by atoms with van der Waals surface area (Å²) < 4.78 is 0. The quantitative estimate of drug-likeness (QED) is 0.506. The van der Waals surface area contributed by atoms with Crippen LogP contribution in [0.15, 0.2) is 36.4 Å². The lowest BCUT2D eigenvalue weighted by Gasteiger charge is -2.15. The summed E-state index contributed by atoms with van der Waals surface area (Å²) in [6, 6.07) is 11.7. The van der Waals surface area contributed by atoms with Gasteiger partial charge in [-0.1, -0.05) is 12.1 Å². The zero-order valence-corrected chi connectivity index (χ0v) is 11.3. The van der Waals surface area contributed by atoms with Gasteiger partial charge in [0.15, 0.2) is 0 Å². The molecule has 106 valence electrons. The van der Waals surface area contributed by atoms with Crippen molar-refractivity contribution in [2.45, 2.75) is 13.0 Å². The molecule has 7 heteroatoms. The molecule has 0 saturated heterocycles. The van der Waals surface area contributed by atoms with Gasteiger partial charge in [0.05, 0.1) is 4.92 Å². The summed E-state index contributed by atoms with van der Waals surface area (Å²) in [5.41, 5.74) is 6.77. The molecule has 0 bridgehead atoms. The second-order valence-electron chi connectivity index (χ2n) is 4.47. The first kappa shape index (κ1) is 14.3. The number of nitrogen functional groups attached to an aromatic ring is 1. The molecule has 1 atom stereocenters. The first-order chi connectivity index (χ1) is 10.0. The van der Waals surface area contributed by atoms with Crippen LogP contribution in [0.5, 0.6) is 0 Å². The van der Waals surface area contributed by atoms with Crippen LogP contribution >= 0.6 is 0 Å². The van der Waals surface area contributed by atoms with Crippen molar-refractivity contribution < 1.29 is 4.92 Å². The number of nitro groups is 1. The van der Waals surface area contributed by atoms with Crippen LogP contribution in [-0.4, -0.2) is 9.91 Å². The smallest absolute Gasteiger partial charge is 0.305 e. The van der Waals surface area contributed by atoms with Gasteiger partial charge in [0.2, 0.25) is 5.69 Å². The molecule has 2 aromatic rings. The molecular weight excluding hydrogens is 270 g/mol. The van der Waals surface area contributed by atoms with E-state index in [2.05, 4.69) is 10.3 Å². The summed E-state index contributed by atoms with van der Waals surface area (Å²) in [6.45, 7) is 1.92. The number of hydrogen-bond donors (Lipinski definition) is 2. The Morgan fingerprint density at radius 2 is 2.00 bits per heavy atom. The van der Waals surface area contributed by atoms with E-state index in [-0.39, 0.29) is 17.4 Å². The molecule has 0 aliphatic rings. The number of hydrogen-bond acceptors (Lipinski definition) is 6. The molecule has 0 fully saturated rings. The van der Waals surface area contributed by atoms with Gasteiger partial charge in [-0.3, -0.25) is 10.1 Å². The fraction of sp³-hybridized carbons (Fsp3) is 0.143. The predicted molar refractivity (Wildman–Crippen MR) is 78.5 cm³/mol. The lowest BCUT2D eigenvalue weighted by Crippen LogP contribution is -2.09. The number of pyridine rings is 1. The molecule has 0 aliphatic carbocycles. The third-order valence-corrected chi connectivity index (χ3v) is 2.98. The van der Waals surface area contributed by atoms with Gasteiger partial charge < -0.3 is 11.1 Å². The molecular formula is C14H13N5O2. The predicted octanol–water partition coefficient (Wildman–Crippen LogP) is 2.62. The van der Waals surface area contributed by atoms with Gasteiger partial charge in [0, 0.05) is 17.8 Å². The Morgan fingerprint density at radius 1 is 1.33 bits per heavy atom. The molecule has 0 spiro atoms. The summed E-state index contributed by atoms with van der Waals surface area (Å²) in [5, 5.41) is 22.8. The molecule has 1 aromatic carbocycles. The Balaban J connectivity index is 2.22. The lowest BCUT2D eigenvalue weighted by molar-refractivity contribution is -0.385. The molecule has 1 heterocycles. The fourth-order valence-corrected chi connectivity index (χ4v) is 1.85. The second-order valence-corrected chi connectivity index (χ2v) is 4.47. The van der Waals surface area contributed by atoms with Crippen LogP contribution in [0.4, 0.5) is 17.2 Å². The first-order valence-corrected chi connectivity index (χ1v) is 6.19. The van der Waals surface area contributed by atoms with E-state index in [9.17, 15) is 10.1 Å². The monoisotopic (exact) mass is 283 g/mol. The minimum absolute atomic E-state index is 0.0777. The van der Waals surface area contributed by atoms with E-state index in [1.807, 2.05) is 19.1 Å². The Labute approximate surface area is 121 Å². The third kappa shape index (κ3) is 3.25. The van der Waals surface area contributed by atoms with E-state index in [1.54, 1.807) is 18.2 Å². The lowest BCUT2D eigenvalue weighted by atomic mass is 10.1. The zero-order chi connectivity index (χ0) is 15.4. The maximum absolute atomic E-state index is 10.7. The van der Waals surface area contributed by atoms with Crippen LogP contribution in [0.25, 0.3) is 0 Å². The van der Waals surface area contributed by atoms with E-state index in [0.717, 1.165) is 5.56 Å². The number of anilines is 2. The van der Waals surface area contributed by atoms with Crippen LogP contribution in [0.3, 0.4) is 0 Å². The van der Waals surface area contributed by atoms with Crippen molar-refractivity contribution in [2.75, 3.05) is 11.1 Å². The standard InChI is InChI=1S/C14H13N5O2/c1-9(10-2-4-11(16)5-3-10)17-14-7-6-13(19(20)21)12(8-15)18-14/h2-7,9H,16H2,1H3,(H,17,18). The normalized spacial score (nSPS) is 11.4. The molecule has 2 rings (SSSR count). The maximum atomic E-state index is 10.7. The highest BCUT2D eigenvalue weighted by atomic mass is 16.6. The van der Waals surface area contributed by atoms with Gasteiger partial charge in [-0.05, 0) is 30.7 Å². The van der Waals surface area contributed by atoms with Crippen LogP contribution in [0.1, 0.15) is 24.2 Å². The van der Waals surface area contributed by atoms with Crippen molar-refractivity contribution in [1.82, 2.24) is 4.98 Å². The fourth-order valence-electron chi connectivity index (χ4n) is 1.85. The van der Waals surface area contributed by atoms with Gasteiger partial charge in [-0.15, -0.1) is 0 Å². The Hall–Kier alpha value is -3.14. The summed E-state index contributed by atoms with van der Waals surface area (Å²) in [4.78, 5) is 14.1. The van der Waals surface area contributed by atoms with Gasteiger partial charge in [-0.25, -0.2) is 4.98 Å². The Kier molecular flexibility index (Phi) is 4.00. The Morgan fingerprint density at radius 3 is 2.57 bits per heavy atom. The summed E-state index contributed by atoms with van der Waals surface area (Å²) in [5.74, 6) is 0.404. The molecule has 21 heavy (non-hydrogen) atoms. The van der Waals surface area contributed by atoms with E-state index in [1.165, 1.54) is 12.1 Å². The van der Waals surface area contributed by atoms with Crippen molar-refractivity contribution in [3.05, 3.63) is 57.8 Å². The van der Waals surface area contributed by atoms with Crippen LogP contribution in [0, 0.1) is 21.4 Å². The zero-order valence-electron chi connectivity index (χ0n) is 11.3. The van der Waals surface area contributed by atoms with Gasteiger partial charge in [0.1, 0.15) is 11.9 Å². The summed E-state index contributed by atoms with van der Waals surface area (Å²) in [6.07, 6.45) is 0.